The molecule has 108 valence electrons. The summed E-state index contributed by atoms with van der Waals surface area (Å²) in [6, 6.07) is 6.08. The number of ketones is 1. The summed E-state index contributed by atoms with van der Waals surface area (Å²) in [6.45, 7) is 0. The molecule has 0 aliphatic carbocycles. The molecule has 0 amide bonds. The largest absolute Gasteiger partial charge is 0.508 e. The zero-order chi connectivity index (χ0) is 15.6. The second kappa shape index (κ2) is 5.76. The van der Waals surface area contributed by atoms with E-state index in [0.717, 1.165) is 18.2 Å². The number of rotatable bonds is 3. The average molecular weight is 307 g/mol. The lowest BCUT2D eigenvalue weighted by atomic mass is 10.1. The molecule has 0 saturated heterocycles. The highest BCUT2D eigenvalue weighted by atomic mass is 35.5. The fourth-order valence-corrected chi connectivity index (χ4v) is 1.88. The summed E-state index contributed by atoms with van der Waals surface area (Å²) in [5.74, 6) is -1.57. The van der Waals surface area contributed by atoms with Crippen LogP contribution in [0.25, 0.3) is 6.08 Å². The van der Waals surface area contributed by atoms with E-state index in [0.29, 0.717) is 0 Å². The van der Waals surface area contributed by atoms with E-state index in [-0.39, 0.29) is 39.1 Å². The van der Waals surface area contributed by atoms with E-state index in [1.54, 1.807) is 0 Å². The molecular weight excluding hydrogens is 296 g/mol. The quantitative estimate of drug-likeness (QED) is 0.516. The first-order valence-corrected chi connectivity index (χ1v) is 6.22. The third-order valence-electron chi connectivity index (χ3n) is 2.75. The van der Waals surface area contributed by atoms with Crippen LogP contribution in [0.5, 0.6) is 23.0 Å². The molecule has 0 aliphatic heterocycles. The predicted molar refractivity (Wildman–Crippen MR) is 77.9 cm³/mol. The Morgan fingerprint density at radius 2 is 1.57 bits per heavy atom. The minimum Gasteiger partial charge on any atom is -0.508 e. The van der Waals surface area contributed by atoms with Gasteiger partial charge in [-0.25, -0.2) is 0 Å². The third-order valence-corrected chi connectivity index (χ3v) is 3.06. The number of carbonyl (C=O) groups excluding carboxylic acids is 1. The Hall–Kier alpha value is -2.66. The van der Waals surface area contributed by atoms with Gasteiger partial charge in [-0.3, -0.25) is 4.79 Å². The summed E-state index contributed by atoms with van der Waals surface area (Å²) in [5.41, 5.74) is 0.248. The van der Waals surface area contributed by atoms with E-state index in [9.17, 15) is 25.2 Å². The van der Waals surface area contributed by atoms with Crippen molar-refractivity contribution in [3.05, 3.63) is 52.6 Å². The first-order valence-electron chi connectivity index (χ1n) is 5.84. The SMILES string of the molecule is O=C(C=Cc1c(O)cc(O)cc1O)c1ccc(O)c(Cl)c1. The third kappa shape index (κ3) is 3.27. The van der Waals surface area contributed by atoms with E-state index in [1.165, 1.54) is 24.3 Å². The van der Waals surface area contributed by atoms with Gasteiger partial charge < -0.3 is 20.4 Å². The van der Waals surface area contributed by atoms with Gasteiger partial charge in [-0.1, -0.05) is 11.6 Å². The molecule has 0 bridgehead atoms. The molecule has 0 heterocycles. The Morgan fingerprint density at radius 1 is 0.952 bits per heavy atom. The fraction of sp³-hybridized carbons (Fsp3) is 0. The number of hydrogen-bond acceptors (Lipinski definition) is 5. The van der Waals surface area contributed by atoms with Crippen LogP contribution in [0.4, 0.5) is 0 Å². The topological polar surface area (TPSA) is 98.0 Å². The van der Waals surface area contributed by atoms with Gasteiger partial charge in [-0.2, -0.15) is 0 Å². The molecule has 21 heavy (non-hydrogen) atoms. The number of phenols is 4. The van der Waals surface area contributed by atoms with Gasteiger partial charge in [0, 0.05) is 17.7 Å². The molecule has 0 atom stereocenters. The molecule has 6 heteroatoms. The Kier molecular flexibility index (Phi) is 4.05. The molecule has 0 unspecified atom stereocenters. The Labute approximate surface area is 125 Å². The highest BCUT2D eigenvalue weighted by Gasteiger charge is 2.09. The Bertz CT molecular complexity index is 714. The van der Waals surface area contributed by atoms with Crippen molar-refractivity contribution in [2.75, 3.05) is 0 Å². The fourth-order valence-electron chi connectivity index (χ4n) is 1.69. The van der Waals surface area contributed by atoms with Crippen molar-refractivity contribution in [1.82, 2.24) is 0 Å². The molecule has 0 spiro atoms. The molecule has 2 aromatic carbocycles. The summed E-state index contributed by atoms with van der Waals surface area (Å²) in [4.78, 5) is 11.9. The minimum absolute atomic E-state index is 0.00558. The molecule has 0 radical (unpaired) electrons. The van der Waals surface area contributed by atoms with Crippen molar-refractivity contribution in [2.24, 2.45) is 0 Å². The zero-order valence-electron chi connectivity index (χ0n) is 10.6. The lowest BCUT2D eigenvalue weighted by Crippen LogP contribution is -1.93. The normalized spacial score (nSPS) is 10.9. The maximum Gasteiger partial charge on any atom is 0.185 e. The maximum absolute atomic E-state index is 11.9. The van der Waals surface area contributed by atoms with E-state index >= 15 is 0 Å². The smallest absolute Gasteiger partial charge is 0.185 e. The van der Waals surface area contributed by atoms with Gasteiger partial charge in [-0.05, 0) is 30.4 Å². The minimum atomic E-state index is -0.427. The van der Waals surface area contributed by atoms with Crippen molar-refractivity contribution in [3.8, 4) is 23.0 Å². The predicted octanol–water partition coefficient (Wildman–Crippen LogP) is 3.06. The first-order chi connectivity index (χ1) is 9.88. The molecule has 4 N–H and O–H groups in total. The van der Waals surface area contributed by atoms with Gasteiger partial charge in [0.2, 0.25) is 0 Å². The number of carbonyl (C=O) groups is 1. The number of allylic oxidation sites excluding steroid dienone is 1. The van der Waals surface area contributed by atoms with E-state index in [4.69, 9.17) is 11.6 Å². The lowest BCUT2D eigenvalue weighted by molar-refractivity contribution is 0.104. The summed E-state index contributed by atoms with van der Waals surface area (Å²) < 4.78 is 0. The lowest BCUT2D eigenvalue weighted by Gasteiger charge is -2.03. The van der Waals surface area contributed by atoms with Gasteiger partial charge >= 0.3 is 0 Å². The number of halogens is 1. The summed E-state index contributed by atoms with van der Waals surface area (Å²) in [7, 11) is 0. The molecule has 5 nitrogen and oxygen atoms in total. The van der Waals surface area contributed by atoms with Gasteiger partial charge in [0.1, 0.15) is 23.0 Å². The molecular formula is C15H11ClO5. The van der Waals surface area contributed by atoms with Crippen LogP contribution in [0.3, 0.4) is 0 Å². The van der Waals surface area contributed by atoms with Crippen LogP contribution in [-0.4, -0.2) is 26.2 Å². The number of hydrogen-bond donors (Lipinski definition) is 4. The van der Waals surface area contributed by atoms with Crippen molar-refractivity contribution >= 4 is 23.5 Å². The summed E-state index contributed by atoms with van der Waals surface area (Å²) >= 11 is 5.71. The molecule has 0 saturated carbocycles. The standard InChI is InChI=1S/C15H11ClO5/c16-11-5-8(1-3-13(11)19)12(18)4-2-10-14(20)6-9(17)7-15(10)21/h1-7,17,19-21H. The molecule has 2 aromatic rings. The Morgan fingerprint density at radius 3 is 2.14 bits per heavy atom. The molecule has 0 fully saturated rings. The Balaban J connectivity index is 2.29. The van der Waals surface area contributed by atoms with Crippen molar-refractivity contribution in [1.29, 1.82) is 0 Å². The van der Waals surface area contributed by atoms with Crippen molar-refractivity contribution in [2.45, 2.75) is 0 Å². The zero-order valence-corrected chi connectivity index (χ0v) is 11.4. The van der Waals surface area contributed by atoms with Crippen LogP contribution in [0.15, 0.2) is 36.4 Å². The van der Waals surface area contributed by atoms with E-state index in [2.05, 4.69) is 0 Å². The monoisotopic (exact) mass is 306 g/mol. The van der Waals surface area contributed by atoms with Gasteiger partial charge in [0.25, 0.3) is 0 Å². The number of benzene rings is 2. The second-order valence-corrected chi connectivity index (χ2v) is 4.67. The van der Waals surface area contributed by atoms with Gasteiger partial charge in [0.15, 0.2) is 5.78 Å². The second-order valence-electron chi connectivity index (χ2n) is 4.26. The van der Waals surface area contributed by atoms with Crippen LogP contribution in [0.1, 0.15) is 15.9 Å². The number of aromatic hydroxyl groups is 4. The highest BCUT2D eigenvalue weighted by molar-refractivity contribution is 6.32. The molecule has 0 aliphatic rings. The van der Waals surface area contributed by atoms with Crippen LogP contribution < -0.4 is 0 Å². The van der Waals surface area contributed by atoms with Crippen LogP contribution in [0, 0.1) is 0 Å². The molecule has 2 rings (SSSR count). The molecule has 0 aromatic heterocycles. The number of phenolic OH excluding ortho intramolecular Hbond substituents is 4. The maximum atomic E-state index is 11.9. The highest BCUT2D eigenvalue weighted by Crippen LogP contribution is 2.33. The summed E-state index contributed by atoms with van der Waals surface area (Å²) in [5, 5.41) is 37.7. The van der Waals surface area contributed by atoms with Crippen molar-refractivity contribution in [3.63, 3.8) is 0 Å². The first kappa shape index (κ1) is 14.7. The van der Waals surface area contributed by atoms with E-state index < -0.39 is 5.78 Å². The van der Waals surface area contributed by atoms with Crippen molar-refractivity contribution < 1.29 is 25.2 Å². The van der Waals surface area contributed by atoms with Crippen LogP contribution in [0.2, 0.25) is 5.02 Å². The van der Waals surface area contributed by atoms with Crippen LogP contribution in [-0.2, 0) is 0 Å². The van der Waals surface area contributed by atoms with Crippen LogP contribution >= 0.6 is 11.6 Å². The van der Waals surface area contributed by atoms with Gasteiger partial charge in [-0.15, -0.1) is 0 Å². The summed E-state index contributed by atoms with van der Waals surface area (Å²) in [6.07, 6.45) is 2.35. The van der Waals surface area contributed by atoms with E-state index in [1.807, 2.05) is 0 Å². The van der Waals surface area contributed by atoms with Gasteiger partial charge in [0.05, 0.1) is 10.6 Å². The average Bonchev–Trinajstić information content (AvgIpc) is 2.40.